The predicted molar refractivity (Wildman–Crippen MR) is 147 cm³/mol. The van der Waals surface area contributed by atoms with Crippen LogP contribution >= 0.6 is 0 Å². The molecule has 182 valence electrons. The Hall–Kier alpha value is -5.06. The van der Waals surface area contributed by atoms with E-state index in [0.717, 1.165) is 17.2 Å². The Bertz CT molecular complexity index is 1590. The quantitative estimate of drug-likeness (QED) is 0.237. The summed E-state index contributed by atoms with van der Waals surface area (Å²) in [4.78, 5) is 8.74. The summed E-state index contributed by atoms with van der Waals surface area (Å²) >= 11 is 0. The lowest BCUT2D eigenvalue weighted by Crippen LogP contribution is -1.95. The first-order valence-electron chi connectivity index (χ1n) is 12.0. The largest absolute Gasteiger partial charge is 0.255 e. The molecule has 0 spiro atoms. The van der Waals surface area contributed by atoms with Crippen molar-refractivity contribution in [2.24, 2.45) is 0 Å². The molecule has 0 amide bonds. The van der Waals surface area contributed by atoms with Gasteiger partial charge in [-0.15, -0.1) is 0 Å². The van der Waals surface area contributed by atoms with E-state index in [9.17, 15) is 8.78 Å². The van der Waals surface area contributed by atoms with Gasteiger partial charge in [0.05, 0.1) is 11.4 Å². The van der Waals surface area contributed by atoms with Gasteiger partial charge < -0.3 is 0 Å². The van der Waals surface area contributed by atoms with Crippen molar-refractivity contribution >= 4 is 0 Å². The summed E-state index contributed by atoms with van der Waals surface area (Å²) in [5.74, 6) is 10.9. The number of rotatable bonds is 2. The van der Waals surface area contributed by atoms with Crippen LogP contribution < -0.4 is 0 Å². The molecule has 0 bridgehead atoms. The zero-order chi connectivity index (χ0) is 26.5. The lowest BCUT2D eigenvalue weighted by molar-refractivity contribution is 0.587. The first-order valence-corrected chi connectivity index (χ1v) is 12.0. The van der Waals surface area contributed by atoms with Crippen molar-refractivity contribution in [1.82, 2.24) is 9.97 Å². The molecule has 5 rings (SSSR count). The molecule has 2 nitrogen and oxygen atoms in total. The molecule has 2 aromatic heterocycles. The molecule has 38 heavy (non-hydrogen) atoms. The van der Waals surface area contributed by atoms with Gasteiger partial charge in [-0.2, -0.15) is 0 Å². The third-order valence-corrected chi connectivity index (χ3v) is 5.94. The summed E-state index contributed by atoms with van der Waals surface area (Å²) < 4.78 is 29.5. The standard InChI is InChI=1S/C34H22F2N2/c1-23-3-7-25(8-4-23)11-13-27-15-17-33(37-21-27)29-19-30(32(36)20-31(29)35)34-18-16-28(22-38-34)14-12-26-9-5-24(2)6-10-26/h3-10,15-22H,1-2H3. The van der Waals surface area contributed by atoms with Gasteiger partial charge in [-0.1, -0.05) is 59.1 Å². The minimum atomic E-state index is -0.696. The fourth-order valence-electron chi connectivity index (χ4n) is 3.76. The second kappa shape index (κ2) is 10.9. The van der Waals surface area contributed by atoms with Gasteiger partial charge in [0.1, 0.15) is 11.6 Å². The van der Waals surface area contributed by atoms with Crippen LogP contribution in [0.2, 0.25) is 0 Å². The van der Waals surface area contributed by atoms with Crippen molar-refractivity contribution in [3.63, 3.8) is 0 Å². The summed E-state index contributed by atoms with van der Waals surface area (Å²) in [6.07, 6.45) is 3.16. The fraction of sp³-hybridized carbons (Fsp3) is 0.0588. The molecule has 4 heteroatoms. The number of nitrogens with zero attached hydrogens (tertiary/aromatic N) is 2. The maximum Gasteiger partial charge on any atom is 0.135 e. The monoisotopic (exact) mass is 496 g/mol. The third-order valence-electron chi connectivity index (χ3n) is 5.94. The molecule has 0 saturated heterocycles. The van der Waals surface area contributed by atoms with Gasteiger partial charge in [0.25, 0.3) is 0 Å². The van der Waals surface area contributed by atoms with Crippen LogP contribution in [0.15, 0.2) is 97.3 Å². The molecule has 0 aliphatic heterocycles. The lowest BCUT2D eigenvalue weighted by Gasteiger charge is -2.08. The topological polar surface area (TPSA) is 25.8 Å². The van der Waals surface area contributed by atoms with Crippen LogP contribution in [0.1, 0.15) is 33.4 Å². The first-order chi connectivity index (χ1) is 18.4. The van der Waals surface area contributed by atoms with Crippen molar-refractivity contribution in [2.45, 2.75) is 13.8 Å². The Kier molecular flexibility index (Phi) is 7.07. The smallest absolute Gasteiger partial charge is 0.135 e. The maximum atomic E-state index is 14.7. The average molecular weight is 497 g/mol. The van der Waals surface area contributed by atoms with Gasteiger partial charge in [-0.05, 0) is 68.4 Å². The van der Waals surface area contributed by atoms with Crippen molar-refractivity contribution in [1.29, 1.82) is 0 Å². The van der Waals surface area contributed by atoms with Crippen LogP contribution in [-0.2, 0) is 0 Å². The Morgan fingerprint density at radius 3 is 1.21 bits per heavy atom. The number of aromatic nitrogens is 2. The fourth-order valence-corrected chi connectivity index (χ4v) is 3.76. The Morgan fingerprint density at radius 2 is 0.842 bits per heavy atom. The van der Waals surface area contributed by atoms with E-state index < -0.39 is 11.6 Å². The zero-order valence-electron chi connectivity index (χ0n) is 20.9. The Labute approximate surface area is 221 Å². The molecule has 0 radical (unpaired) electrons. The molecule has 0 fully saturated rings. The molecule has 0 unspecified atom stereocenters. The summed E-state index contributed by atoms with van der Waals surface area (Å²) in [6.45, 7) is 4.04. The van der Waals surface area contributed by atoms with E-state index in [2.05, 4.69) is 33.6 Å². The second-order valence-corrected chi connectivity index (χ2v) is 8.91. The SMILES string of the molecule is Cc1ccc(C#Cc2ccc(-c3cc(-c4ccc(C#Cc5ccc(C)cc5)cn4)c(F)cc3F)nc2)cc1. The third kappa shape index (κ3) is 5.84. The van der Waals surface area contributed by atoms with Crippen LogP contribution in [0.5, 0.6) is 0 Å². The van der Waals surface area contributed by atoms with E-state index in [4.69, 9.17) is 0 Å². The van der Waals surface area contributed by atoms with Crippen LogP contribution in [0, 0.1) is 49.2 Å². The molecular formula is C34H22F2N2. The van der Waals surface area contributed by atoms with E-state index in [1.807, 2.05) is 62.4 Å². The highest BCUT2D eigenvalue weighted by molar-refractivity contribution is 5.71. The summed E-state index contributed by atoms with van der Waals surface area (Å²) in [6, 6.07) is 25.0. The van der Waals surface area contributed by atoms with Crippen molar-refractivity contribution < 1.29 is 8.78 Å². The Morgan fingerprint density at radius 1 is 0.474 bits per heavy atom. The normalized spacial score (nSPS) is 10.2. The number of benzene rings is 3. The molecule has 3 aromatic carbocycles. The average Bonchev–Trinajstić information content (AvgIpc) is 2.93. The van der Waals surface area contributed by atoms with Gasteiger partial charge in [0.2, 0.25) is 0 Å². The summed E-state index contributed by atoms with van der Waals surface area (Å²) in [7, 11) is 0. The van der Waals surface area contributed by atoms with Gasteiger partial charge in [-0.3, -0.25) is 9.97 Å². The van der Waals surface area contributed by atoms with Crippen LogP contribution in [0.25, 0.3) is 22.5 Å². The zero-order valence-corrected chi connectivity index (χ0v) is 20.9. The van der Waals surface area contributed by atoms with E-state index in [0.29, 0.717) is 22.5 Å². The van der Waals surface area contributed by atoms with Gasteiger partial charge in [0, 0.05) is 51.8 Å². The molecule has 0 atom stereocenters. The summed E-state index contributed by atoms with van der Waals surface area (Å²) in [5, 5.41) is 0. The number of hydrogen-bond acceptors (Lipinski definition) is 2. The Balaban J connectivity index is 1.38. The molecule has 0 aliphatic carbocycles. The van der Waals surface area contributed by atoms with Crippen LogP contribution in [0.4, 0.5) is 8.78 Å². The molecule has 0 N–H and O–H groups in total. The van der Waals surface area contributed by atoms with Crippen molar-refractivity contribution in [3.05, 3.63) is 142 Å². The second-order valence-electron chi connectivity index (χ2n) is 8.91. The van der Waals surface area contributed by atoms with Crippen molar-refractivity contribution in [2.75, 3.05) is 0 Å². The molecule has 0 aliphatic rings. The molecule has 0 saturated carbocycles. The van der Waals surface area contributed by atoms with E-state index in [1.165, 1.54) is 17.2 Å². The first kappa shape index (κ1) is 24.6. The lowest BCUT2D eigenvalue weighted by atomic mass is 10.0. The van der Waals surface area contributed by atoms with E-state index >= 15 is 0 Å². The van der Waals surface area contributed by atoms with Crippen LogP contribution in [0.3, 0.4) is 0 Å². The maximum absolute atomic E-state index is 14.7. The molecular weight excluding hydrogens is 474 g/mol. The van der Waals surface area contributed by atoms with E-state index in [-0.39, 0.29) is 11.1 Å². The number of pyridine rings is 2. The minimum Gasteiger partial charge on any atom is -0.255 e. The predicted octanol–water partition coefficient (Wildman–Crippen LogP) is 7.51. The van der Waals surface area contributed by atoms with E-state index in [1.54, 1.807) is 36.7 Å². The van der Waals surface area contributed by atoms with Gasteiger partial charge >= 0.3 is 0 Å². The highest BCUT2D eigenvalue weighted by Gasteiger charge is 2.15. The summed E-state index contributed by atoms with van der Waals surface area (Å²) in [5.41, 5.74) is 6.65. The minimum absolute atomic E-state index is 0.185. The van der Waals surface area contributed by atoms with Gasteiger partial charge in [-0.25, -0.2) is 8.78 Å². The highest BCUT2D eigenvalue weighted by atomic mass is 19.1. The number of hydrogen-bond donors (Lipinski definition) is 0. The highest BCUT2D eigenvalue weighted by Crippen LogP contribution is 2.29. The molecule has 5 aromatic rings. The van der Waals surface area contributed by atoms with Crippen LogP contribution in [-0.4, -0.2) is 9.97 Å². The molecule has 2 heterocycles. The van der Waals surface area contributed by atoms with Gasteiger partial charge in [0.15, 0.2) is 0 Å². The number of halogens is 2. The number of aryl methyl sites for hydroxylation is 2. The van der Waals surface area contributed by atoms with Crippen molar-refractivity contribution in [3.8, 4) is 46.2 Å².